The normalized spacial score (nSPS) is 17.8. The molecule has 0 bridgehead atoms. The Morgan fingerprint density at radius 3 is 2.54 bits per heavy atom. The molecule has 0 unspecified atom stereocenters. The summed E-state index contributed by atoms with van der Waals surface area (Å²) in [5.41, 5.74) is 7.78. The van der Waals surface area contributed by atoms with Gasteiger partial charge in [-0.25, -0.2) is 14.4 Å². The molecule has 1 amide bonds. The molecule has 4 rings (SSSR count). The Hall–Kier alpha value is -3.23. The zero-order valence-electron chi connectivity index (χ0n) is 21.2. The van der Waals surface area contributed by atoms with Crippen LogP contribution in [0.4, 0.5) is 16.0 Å². The fraction of sp³-hybridized carbons (Fsp3) is 0.393. The van der Waals surface area contributed by atoms with Gasteiger partial charge < -0.3 is 21.7 Å². The number of halogens is 2. The fourth-order valence-electron chi connectivity index (χ4n) is 4.52. The van der Waals surface area contributed by atoms with Crippen molar-refractivity contribution in [3.8, 4) is 11.3 Å². The van der Waals surface area contributed by atoms with Crippen molar-refractivity contribution in [1.29, 1.82) is 0 Å². The van der Waals surface area contributed by atoms with Gasteiger partial charge in [0, 0.05) is 42.3 Å². The van der Waals surface area contributed by atoms with Crippen molar-refractivity contribution in [1.82, 2.24) is 15.3 Å². The van der Waals surface area contributed by atoms with E-state index in [0.717, 1.165) is 42.6 Å². The van der Waals surface area contributed by atoms with E-state index in [1.165, 1.54) is 12.1 Å². The minimum Gasteiger partial charge on any atom is -0.367 e. The molecule has 5 N–H and O–H groups in total. The van der Waals surface area contributed by atoms with Crippen LogP contribution >= 0.6 is 11.6 Å². The molecule has 1 aromatic carbocycles. The third kappa shape index (κ3) is 8.13. The number of aromatic nitrogens is 2. The molecule has 37 heavy (non-hydrogen) atoms. The lowest BCUT2D eigenvalue weighted by molar-refractivity contribution is -0.122. The van der Waals surface area contributed by atoms with Crippen LogP contribution in [0.1, 0.15) is 51.5 Å². The Kier molecular flexibility index (Phi) is 8.61. The van der Waals surface area contributed by atoms with Gasteiger partial charge in [0.05, 0.1) is 10.7 Å². The molecule has 7 nitrogen and oxygen atoms in total. The van der Waals surface area contributed by atoms with Crippen LogP contribution in [0.5, 0.6) is 0 Å². The van der Waals surface area contributed by atoms with Crippen molar-refractivity contribution < 1.29 is 9.18 Å². The summed E-state index contributed by atoms with van der Waals surface area (Å²) < 4.78 is 13.5. The molecule has 0 radical (unpaired) electrons. The number of nitrogens with zero attached hydrogens (tertiary/aromatic N) is 2. The lowest BCUT2D eigenvalue weighted by Gasteiger charge is -2.30. The van der Waals surface area contributed by atoms with E-state index in [9.17, 15) is 9.18 Å². The smallest absolute Gasteiger partial charge is 0.222 e. The van der Waals surface area contributed by atoms with Crippen molar-refractivity contribution >= 4 is 29.1 Å². The monoisotopic (exact) mass is 524 g/mol. The predicted octanol–water partition coefficient (Wildman–Crippen LogP) is 5.51. The minimum absolute atomic E-state index is 0.00747. The number of pyridine rings is 2. The SMILES string of the molecule is CC(C)(N)CC(=O)N[C@H]1CC[C@H](Nc2cc(-c3cccc(NCc4cccc(F)c4)n3)c(Cl)cn2)CC1. The van der Waals surface area contributed by atoms with Gasteiger partial charge >= 0.3 is 0 Å². The van der Waals surface area contributed by atoms with E-state index in [1.807, 2.05) is 44.2 Å². The maximum atomic E-state index is 13.5. The van der Waals surface area contributed by atoms with Gasteiger partial charge in [0.15, 0.2) is 0 Å². The molecule has 0 aliphatic heterocycles. The van der Waals surface area contributed by atoms with Gasteiger partial charge in [-0.15, -0.1) is 0 Å². The Labute approximate surface area is 222 Å². The molecule has 2 aromatic heterocycles. The number of nitrogens with one attached hydrogen (secondary N) is 3. The molecular formula is C28H34ClFN6O. The summed E-state index contributed by atoms with van der Waals surface area (Å²) in [6.07, 6.45) is 5.60. The first-order valence-electron chi connectivity index (χ1n) is 12.6. The lowest BCUT2D eigenvalue weighted by atomic mass is 9.90. The second-order valence-electron chi connectivity index (χ2n) is 10.4. The Bertz CT molecular complexity index is 1220. The standard InChI is InChI=1S/C28H34ClFN6O/c1-28(2,31)15-27(37)35-21-11-9-20(10-12-21)34-26-14-22(23(29)17-33-26)24-7-4-8-25(36-24)32-16-18-5-3-6-19(30)13-18/h3-8,13-14,17,20-21H,9-12,15-16,31H2,1-2H3,(H,32,36)(H,33,34)(H,35,37)/t20-,21-. The summed E-state index contributed by atoms with van der Waals surface area (Å²) in [5, 5.41) is 10.4. The van der Waals surface area contributed by atoms with Gasteiger partial charge in [-0.3, -0.25) is 4.79 Å². The molecule has 3 aromatic rings. The Morgan fingerprint density at radius 1 is 1.08 bits per heavy atom. The quantitative estimate of drug-likeness (QED) is 0.294. The van der Waals surface area contributed by atoms with Crippen LogP contribution in [0.3, 0.4) is 0 Å². The highest BCUT2D eigenvalue weighted by Gasteiger charge is 2.24. The zero-order valence-corrected chi connectivity index (χ0v) is 22.0. The highest BCUT2D eigenvalue weighted by molar-refractivity contribution is 6.33. The first kappa shape index (κ1) is 26.8. The number of hydrogen-bond donors (Lipinski definition) is 4. The molecule has 1 saturated carbocycles. The number of amides is 1. The molecule has 0 spiro atoms. The van der Waals surface area contributed by atoms with Crippen LogP contribution in [-0.2, 0) is 11.3 Å². The van der Waals surface area contributed by atoms with E-state index in [0.29, 0.717) is 29.5 Å². The van der Waals surface area contributed by atoms with Gasteiger partial charge in [-0.1, -0.05) is 29.8 Å². The zero-order chi connectivity index (χ0) is 26.4. The van der Waals surface area contributed by atoms with Gasteiger partial charge in [0.1, 0.15) is 17.5 Å². The average molecular weight is 525 g/mol. The van der Waals surface area contributed by atoms with Gasteiger partial charge in [0.2, 0.25) is 5.91 Å². The lowest BCUT2D eigenvalue weighted by Crippen LogP contribution is -2.44. The van der Waals surface area contributed by atoms with Crippen LogP contribution in [0, 0.1) is 5.82 Å². The average Bonchev–Trinajstić information content (AvgIpc) is 2.84. The highest BCUT2D eigenvalue weighted by Crippen LogP contribution is 2.30. The van der Waals surface area contributed by atoms with E-state index in [1.54, 1.807) is 12.3 Å². The second kappa shape index (κ2) is 11.9. The third-order valence-corrected chi connectivity index (χ3v) is 6.60. The van der Waals surface area contributed by atoms with Gasteiger partial charge in [-0.05, 0) is 75.4 Å². The summed E-state index contributed by atoms with van der Waals surface area (Å²) in [6.45, 7) is 4.17. The summed E-state index contributed by atoms with van der Waals surface area (Å²) in [4.78, 5) is 21.4. The molecule has 1 aliphatic rings. The van der Waals surface area contributed by atoms with Crippen molar-refractivity contribution in [2.75, 3.05) is 10.6 Å². The van der Waals surface area contributed by atoms with Crippen LogP contribution in [0.2, 0.25) is 5.02 Å². The van der Waals surface area contributed by atoms with Crippen molar-refractivity contribution in [2.24, 2.45) is 5.73 Å². The summed E-state index contributed by atoms with van der Waals surface area (Å²) >= 11 is 6.49. The molecule has 0 atom stereocenters. The van der Waals surface area contributed by atoms with Crippen molar-refractivity contribution in [3.63, 3.8) is 0 Å². The predicted molar refractivity (Wildman–Crippen MR) is 147 cm³/mol. The number of carbonyl (C=O) groups is 1. The van der Waals surface area contributed by atoms with Crippen LogP contribution in [0.25, 0.3) is 11.3 Å². The molecular weight excluding hydrogens is 491 g/mol. The highest BCUT2D eigenvalue weighted by atomic mass is 35.5. The summed E-state index contributed by atoms with van der Waals surface area (Å²) in [6, 6.07) is 14.5. The molecule has 9 heteroatoms. The van der Waals surface area contributed by atoms with E-state index >= 15 is 0 Å². The molecule has 0 saturated heterocycles. The number of nitrogens with two attached hydrogens (primary N) is 1. The number of carbonyl (C=O) groups excluding carboxylic acids is 1. The number of rotatable bonds is 9. The number of hydrogen-bond acceptors (Lipinski definition) is 6. The summed E-state index contributed by atoms with van der Waals surface area (Å²) in [7, 11) is 0. The number of anilines is 2. The Balaban J connectivity index is 1.35. The first-order valence-corrected chi connectivity index (χ1v) is 13.0. The van der Waals surface area contributed by atoms with Crippen molar-refractivity contribution in [3.05, 3.63) is 71.1 Å². The van der Waals surface area contributed by atoms with Gasteiger partial charge in [-0.2, -0.15) is 0 Å². The maximum absolute atomic E-state index is 13.5. The number of benzene rings is 1. The molecule has 1 fully saturated rings. The van der Waals surface area contributed by atoms with E-state index < -0.39 is 5.54 Å². The molecule has 2 heterocycles. The minimum atomic E-state index is -0.507. The first-order chi connectivity index (χ1) is 17.6. The second-order valence-corrected chi connectivity index (χ2v) is 10.8. The largest absolute Gasteiger partial charge is 0.367 e. The Morgan fingerprint density at radius 2 is 1.81 bits per heavy atom. The van der Waals surface area contributed by atoms with E-state index in [4.69, 9.17) is 22.3 Å². The topological polar surface area (TPSA) is 105 Å². The van der Waals surface area contributed by atoms with Crippen LogP contribution < -0.4 is 21.7 Å². The third-order valence-electron chi connectivity index (χ3n) is 6.30. The van der Waals surface area contributed by atoms with Crippen molar-refractivity contribution in [2.45, 2.75) is 70.1 Å². The van der Waals surface area contributed by atoms with Crippen LogP contribution in [-0.4, -0.2) is 33.5 Å². The maximum Gasteiger partial charge on any atom is 0.222 e. The van der Waals surface area contributed by atoms with E-state index in [-0.39, 0.29) is 23.8 Å². The summed E-state index contributed by atoms with van der Waals surface area (Å²) in [5.74, 6) is 1.14. The molecule has 1 aliphatic carbocycles. The van der Waals surface area contributed by atoms with Gasteiger partial charge in [0.25, 0.3) is 0 Å². The van der Waals surface area contributed by atoms with Crippen LogP contribution in [0.15, 0.2) is 54.7 Å². The van der Waals surface area contributed by atoms with E-state index in [2.05, 4.69) is 20.9 Å². The fourth-order valence-corrected chi connectivity index (χ4v) is 4.72. The molecule has 196 valence electrons.